The highest BCUT2D eigenvalue weighted by Crippen LogP contribution is 2.29. The first-order valence-corrected chi connectivity index (χ1v) is 5.07. The zero-order chi connectivity index (χ0) is 9.97. The van der Waals surface area contributed by atoms with E-state index in [0.717, 1.165) is 19.4 Å². The average molecular weight is 193 g/mol. The molecule has 0 aliphatic heterocycles. The van der Waals surface area contributed by atoms with E-state index in [0.29, 0.717) is 12.2 Å². The lowest BCUT2D eigenvalue weighted by Gasteiger charge is -2.22. The maximum atomic E-state index is 11.7. The fourth-order valence-electron chi connectivity index (χ4n) is 1.64. The lowest BCUT2D eigenvalue weighted by Crippen LogP contribution is -2.22. The topological polar surface area (TPSA) is 60.9 Å². The van der Waals surface area contributed by atoms with E-state index in [-0.39, 0.29) is 11.7 Å². The van der Waals surface area contributed by atoms with Gasteiger partial charge in [-0.25, -0.2) is 4.98 Å². The van der Waals surface area contributed by atoms with Gasteiger partial charge in [-0.3, -0.25) is 4.79 Å². The number of imidazole rings is 1. The van der Waals surface area contributed by atoms with Crippen LogP contribution in [0.4, 0.5) is 0 Å². The molecule has 14 heavy (non-hydrogen) atoms. The summed E-state index contributed by atoms with van der Waals surface area (Å²) in [5.74, 6) is 0.434. The number of carbonyl (C=O) groups is 1. The van der Waals surface area contributed by atoms with Gasteiger partial charge in [-0.05, 0) is 12.8 Å². The molecule has 1 saturated carbocycles. The summed E-state index contributed by atoms with van der Waals surface area (Å²) in [6.45, 7) is 1.30. The van der Waals surface area contributed by atoms with E-state index >= 15 is 0 Å². The van der Waals surface area contributed by atoms with Crippen LogP contribution in [0.2, 0.25) is 0 Å². The van der Waals surface area contributed by atoms with Gasteiger partial charge in [-0.15, -0.1) is 0 Å². The van der Waals surface area contributed by atoms with E-state index in [2.05, 4.69) is 4.98 Å². The van der Waals surface area contributed by atoms with E-state index in [9.17, 15) is 4.79 Å². The van der Waals surface area contributed by atoms with Crippen molar-refractivity contribution < 1.29 is 4.79 Å². The Labute approximate surface area is 83.1 Å². The molecule has 1 aliphatic carbocycles. The molecule has 4 nitrogen and oxygen atoms in total. The zero-order valence-corrected chi connectivity index (χ0v) is 8.15. The van der Waals surface area contributed by atoms with Crippen LogP contribution in [0.3, 0.4) is 0 Å². The number of nitrogens with zero attached hydrogens (tertiary/aromatic N) is 2. The Kier molecular flexibility index (Phi) is 2.63. The Bertz CT molecular complexity index is 328. The van der Waals surface area contributed by atoms with Crippen molar-refractivity contribution in [2.24, 2.45) is 11.7 Å². The third kappa shape index (κ3) is 1.70. The second kappa shape index (κ2) is 3.92. The van der Waals surface area contributed by atoms with Gasteiger partial charge in [0.25, 0.3) is 0 Å². The number of nitrogens with two attached hydrogens (primary N) is 1. The number of aromatic nitrogens is 2. The lowest BCUT2D eigenvalue weighted by atomic mass is 9.81. The number of rotatable bonds is 4. The van der Waals surface area contributed by atoms with Crippen molar-refractivity contribution >= 4 is 5.78 Å². The van der Waals surface area contributed by atoms with Crippen LogP contribution < -0.4 is 5.73 Å². The normalized spacial score (nSPS) is 16.6. The quantitative estimate of drug-likeness (QED) is 0.720. The van der Waals surface area contributed by atoms with Crippen LogP contribution in [0.1, 0.15) is 29.8 Å². The molecule has 2 rings (SSSR count). The highest BCUT2D eigenvalue weighted by atomic mass is 16.1. The molecule has 0 amide bonds. The standard InChI is InChI=1S/C10H15N3O/c11-4-5-13-6-9(12-7-13)10(14)8-2-1-3-8/h6-8H,1-5,11H2. The van der Waals surface area contributed by atoms with Crippen LogP contribution in [0.15, 0.2) is 12.5 Å². The first-order valence-electron chi connectivity index (χ1n) is 5.07. The van der Waals surface area contributed by atoms with Gasteiger partial charge in [0.1, 0.15) is 5.69 Å². The van der Waals surface area contributed by atoms with Crippen molar-refractivity contribution in [1.29, 1.82) is 0 Å². The molecule has 1 heterocycles. The molecule has 0 radical (unpaired) electrons. The summed E-state index contributed by atoms with van der Waals surface area (Å²) in [4.78, 5) is 15.8. The van der Waals surface area contributed by atoms with Crippen LogP contribution in [0.25, 0.3) is 0 Å². The van der Waals surface area contributed by atoms with Crippen LogP contribution >= 0.6 is 0 Å². The summed E-state index contributed by atoms with van der Waals surface area (Å²) in [6, 6.07) is 0. The smallest absolute Gasteiger partial charge is 0.185 e. The number of ketones is 1. The maximum Gasteiger partial charge on any atom is 0.185 e. The van der Waals surface area contributed by atoms with Crippen molar-refractivity contribution in [2.45, 2.75) is 25.8 Å². The molecule has 1 fully saturated rings. The Morgan fingerprint density at radius 3 is 3.00 bits per heavy atom. The molecule has 0 atom stereocenters. The summed E-state index contributed by atoms with van der Waals surface area (Å²) < 4.78 is 1.87. The summed E-state index contributed by atoms with van der Waals surface area (Å²) >= 11 is 0. The fraction of sp³-hybridized carbons (Fsp3) is 0.600. The number of carbonyl (C=O) groups excluding carboxylic acids is 1. The molecule has 0 aromatic carbocycles. The Hall–Kier alpha value is -1.16. The zero-order valence-electron chi connectivity index (χ0n) is 8.15. The SMILES string of the molecule is NCCn1cnc(C(=O)C2CCC2)c1. The maximum absolute atomic E-state index is 11.7. The minimum atomic E-state index is 0.201. The highest BCUT2D eigenvalue weighted by molar-refractivity contribution is 5.96. The van der Waals surface area contributed by atoms with E-state index in [1.54, 1.807) is 12.5 Å². The third-order valence-corrected chi connectivity index (χ3v) is 2.75. The van der Waals surface area contributed by atoms with Crippen LogP contribution in [-0.4, -0.2) is 21.9 Å². The van der Waals surface area contributed by atoms with E-state index in [1.165, 1.54) is 6.42 Å². The molecule has 1 aromatic heterocycles. The summed E-state index contributed by atoms with van der Waals surface area (Å²) in [7, 11) is 0. The first-order chi connectivity index (χ1) is 6.81. The first kappa shape index (κ1) is 9.40. The molecule has 1 aliphatic rings. The second-order valence-corrected chi connectivity index (χ2v) is 3.78. The molecular weight excluding hydrogens is 178 g/mol. The van der Waals surface area contributed by atoms with Crippen molar-refractivity contribution in [2.75, 3.05) is 6.54 Å². The van der Waals surface area contributed by atoms with Gasteiger partial charge in [0.05, 0.1) is 6.33 Å². The predicted molar refractivity (Wildman–Crippen MR) is 53.0 cm³/mol. The fourth-order valence-corrected chi connectivity index (χ4v) is 1.64. The summed E-state index contributed by atoms with van der Waals surface area (Å²) in [6.07, 6.45) is 6.72. The minimum absolute atomic E-state index is 0.201. The second-order valence-electron chi connectivity index (χ2n) is 3.78. The van der Waals surface area contributed by atoms with Gasteiger partial charge in [0.15, 0.2) is 5.78 Å². The minimum Gasteiger partial charge on any atom is -0.335 e. The third-order valence-electron chi connectivity index (χ3n) is 2.75. The summed E-state index contributed by atoms with van der Waals surface area (Å²) in [5.41, 5.74) is 6.01. The molecule has 0 spiro atoms. The molecule has 76 valence electrons. The predicted octanol–water partition coefficient (Wildman–Crippen LogP) is 0.825. The molecule has 0 bridgehead atoms. The van der Waals surface area contributed by atoms with Gasteiger partial charge in [0, 0.05) is 25.2 Å². The largest absolute Gasteiger partial charge is 0.335 e. The average Bonchev–Trinajstić information content (AvgIpc) is 2.50. The lowest BCUT2D eigenvalue weighted by molar-refractivity contribution is 0.0850. The molecule has 0 saturated heterocycles. The van der Waals surface area contributed by atoms with Crippen LogP contribution in [0.5, 0.6) is 0 Å². The van der Waals surface area contributed by atoms with Crippen molar-refractivity contribution in [1.82, 2.24) is 9.55 Å². The van der Waals surface area contributed by atoms with Crippen molar-refractivity contribution in [3.8, 4) is 0 Å². The Morgan fingerprint density at radius 1 is 1.64 bits per heavy atom. The molecule has 0 unspecified atom stereocenters. The van der Waals surface area contributed by atoms with Gasteiger partial charge < -0.3 is 10.3 Å². The van der Waals surface area contributed by atoms with E-state index in [4.69, 9.17) is 5.73 Å². The monoisotopic (exact) mass is 193 g/mol. The molecular formula is C10H15N3O. The summed E-state index contributed by atoms with van der Waals surface area (Å²) in [5, 5.41) is 0. The highest BCUT2D eigenvalue weighted by Gasteiger charge is 2.27. The van der Waals surface area contributed by atoms with Crippen molar-refractivity contribution in [3.05, 3.63) is 18.2 Å². The molecule has 4 heteroatoms. The molecule has 2 N–H and O–H groups in total. The molecule has 1 aromatic rings. The van der Waals surface area contributed by atoms with Crippen molar-refractivity contribution in [3.63, 3.8) is 0 Å². The number of hydrogen-bond donors (Lipinski definition) is 1. The Morgan fingerprint density at radius 2 is 2.43 bits per heavy atom. The number of hydrogen-bond acceptors (Lipinski definition) is 3. The van der Waals surface area contributed by atoms with Crippen LogP contribution in [-0.2, 0) is 6.54 Å². The van der Waals surface area contributed by atoms with E-state index < -0.39 is 0 Å². The van der Waals surface area contributed by atoms with E-state index in [1.807, 2.05) is 4.57 Å². The number of Topliss-reactive ketones (excluding diaryl/α,β-unsaturated/α-hetero) is 1. The van der Waals surface area contributed by atoms with Crippen LogP contribution in [0, 0.1) is 5.92 Å². The Balaban J connectivity index is 2.04. The van der Waals surface area contributed by atoms with Gasteiger partial charge in [-0.2, -0.15) is 0 Å². The van der Waals surface area contributed by atoms with Gasteiger partial charge in [0.2, 0.25) is 0 Å². The van der Waals surface area contributed by atoms with Gasteiger partial charge in [-0.1, -0.05) is 6.42 Å². The van der Waals surface area contributed by atoms with Gasteiger partial charge >= 0.3 is 0 Å².